The van der Waals surface area contributed by atoms with Crippen LogP contribution in [0, 0.1) is 5.92 Å². The van der Waals surface area contributed by atoms with Gasteiger partial charge in [-0.1, -0.05) is 41.9 Å². The standard InChI is InChI=1S/C22H23ClN2O4S/c23-19-6-3-4-17(12-19)15-30(27,28)24-14-16-8-10-25(11-9-16)22(26)21-13-18-5-1-2-7-20(18)29-21/h1-7,12-13,16,24H,8-11,14-15H2. The zero-order valence-corrected chi connectivity index (χ0v) is 18.0. The molecule has 1 aromatic heterocycles. The molecule has 0 aliphatic carbocycles. The number of benzene rings is 2. The molecule has 30 heavy (non-hydrogen) atoms. The van der Waals surface area contributed by atoms with Crippen molar-refractivity contribution in [3.63, 3.8) is 0 Å². The van der Waals surface area contributed by atoms with Crippen LogP contribution >= 0.6 is 11.6 Å². The Morgan fingerprint density at radius 3 is 2.60 bits per heavy atom. The number of likely N-dealkylation sites (tertiary alicyclic amines) is 1. The number of hydrogen-bond donors (Lipinski definition) is 1. The van der Waals surface area contributed by atoms with Gasteiger partial charge in [0.25, 0.3) is 5.91 Å². The first-order valence-corrected chi connectivity index (χ1v) is 11.9. The number of amides is 1. The molecule has 1 fully saturated rings. The molecule has 0 atom stereocenters. The van der Waals surface area contributed by atoms with Gasteiger partial charge in [0.15, 0.2) is 5.76 Å². The summed E-state index contributed by atoms with van der Waals surface area (Å²) in [5, 5.41) is 1.43. The molecule has 1 aliphatic heterocycles. The molecule has 158 valence electrons. The molecular weight excluding hydrogens is 424 g/mol. The van der Waals surface area contributed by atoms with Gasteiger partial charge in [-0.25, -0.2) is 13.1 Å². The molecule has 0 saturated carbocycles. The van der Waals surface area contributed by atoms with Crippen LogP contribution in [-0.4, -0.2) is 38.9 Å². The summed E-state index contributed by atoms with van der Waals surface area (Å²) >= 11 is 5.92. The lowest BCUT2D eigenvalue weighted by Crippen LogP contribution is -2.41. The van der Waals surface area contributed by atoms with Crippen LogP contribution in [0.25, 0.3) is 11.0 Å². The first-order chi connectivity index (χ1) is 14.4. The number of nitrogens with zero attached hydrogens (tertiary/aromatic N) is 1. The SMILES string of the molecule is O=C(c1cc2ccccc2o1)N1CCC(CNS(=O)(=O)Cc2cccc(Cl)c2)CC1. The Hall–Kier alpha value is -2.35. The largest absolute Gasteiger partial charge is 0.451 e. The fraction of sp³-hybridized carbons (Fsp3) is 0.318. The molecule has 0 bridgehead atoms. The van der Waals surface area contributed by atoms with Crippen molar-refractivity contribution in [2.45, 2.75) is 18.6 Å². The van der Waals surface area contributed by atoms with Crippen LogP contribution in [-0.2, 0) is 15.8 Å². The summed E-state index contributed by atoms with van der Waals surface area (Å²) in [6, 6.07) is 16.2. The van der Waals surface area contributed by atoms with E-state index in [0.717, 1.165) is 18.2 Å². The lowest BCUT2D eigenvalue weighted by molar-refractivity contribution is 0.0662. The molecule has 0 radical (unpaired) electrons. The molecule has 1 N–H and O–H groups in total. The highest BCUT2D eigenvalue weighted by Gasteiger charge is 2.26. The Morgan fingerprint density at radius 1 is 1.10 bits per heavy atom. The minimum atomic E-state index is -3.44. The van der Waals surface area contributed by atoms with Crippen LogP contribution in [0.3, 0.4) is 0 Å². The summed E-state index contributed by atoms with van der Waals surface area (Å²) in [4.78, 5) is 14.5. The van der Waals surface area contributed by atoms with Crippen molar-refractivity contribution in [1.82, 2.24) is 9.62 Å². The maximum absolute atomic E-state index is 12.7. The summed E-state index contributed by atoms with van der Waals surface area (Å²) in [6.45, 7) is 1.53. The van der Waals surface area contributed by atoms with E-state index in [1.165, 1.54) is 0 Å². The van der Waals surface area contributed by atoms with E-state index >= 15 is 0 Å². The van der Waals surface area contributed by atoms with Crippen LogP contribution in [0.4, 0.5) is 0 Å². The second-order valence-electron chi connectivity index (χ2n) is 7.62. The van der Waals surface area contributed by atoms with Gasteiger partial charge >= 0.3 is 0 Å². The van der Waals surface area contributed by atoms with E-state index in [2.05, 4.69) is 4.72 Å². The molecule has 0 unspecified atom stereocenters. The molecular formula is C22H23ClN2O4S. The molecule has 0 spiro atoms. The Kier molecular flexibility index (Phi) is 6.13. The number of hydrogen-bond acceptors (Lipinski definition) is 4. The number of halogens is 1. The monoisotopic (exact) mass is 446 g/mol. The van der Waals surface area contributed by atoms with Crippen molar-refractivity contribution in [1.29, 1.82) is 0 Å². The topological polar surface area (TPSA) is 79.6 Å². The third-order valence-electron chi connectivity index (χ3n) is 5.38. The van der Waals surface area contributed by atoms with Gasteiger partial charge in [-0.05, 0) is 48.6 Å². The second kappa shape index (κ2) is 8.79. The van der Waals surface area contributed by atoms with E-state index in [-0.39, 0.29) is 17.6 Å². The van der Waals surface area contributed by atoms with Gasteiger partial charge in [-0.15, -0.1) is 0 Å². The molecule has 2 aromatic carbocycles. The predicted molar refractivity (Wildman–Crippen MR) is 117 cm³/mol. The number of carbonyl (C=O) groups excluding carboxylic acids is 1. The van der Waals surface area contributed by atoms with Crippen LogP contribution in [0.1, 0.15) is 29.0 Å². The smallest absolute Gasteiger partial charge is 0.289 e. The third-order valence-corrected chi connectivity index (χ3v) is 6.93. The van der Waals surface area contributed by atoms with E-state index in [1.54, 1.807) is 35.2 Å². The van der Waals surface area contributed by atoms with Gasteiger partial charge in [0.2, 0.25) is 10.0 Å². The summed E-state index contributed by atoms with van der Waals surface area (Å²) < 4.78 is 33.1. The maximum Gasteiger partial charge on any atom is 0.289 e. The summed E-state index contributed by atoms with van der Waals surface area (Å²) in [7, 11) is -3.44. The summed E-state index contributed by atoms with van der Waals surface area (Å²) in [5.74, 6) is 0.318. The summed E-state index contributed by atoms with van der Waals surface area (Å²) in [6.07, 6.45) is 1.48. The predicted octanol–water partition coefficient (Wildman–Crippen LogP) is 4.06. The van der Waals surface area contributed by atoms with Gasteiger partial charge in [0.05, 0.1) is 5.75 Å². The van der Waals surface area contributed by atoms with Crippen molar-refractivity contribution in [2.24, 2.45) is 5.92 Å². The van der Waals surface area contributed by atoms with Crippen LogP contribution < -0.4 is 4.72 Å². The molecule has 2 heterocycles. The number of furan rings is 1. The van der Waals surface area contributed by atoms with Crippen LogP contribution in [0.2, 0.25) is 5.02 Å². The lowest BCUT2D eigenvalue weighted by atomic mass is 9.97. The van der Waals surface area contributed by atoms with Crippen molar-refractivity contribution < 1.29 is 17.6 Å². The highest BCUT2D eigenvalue weighted by molar-refractivity contribution is 7.88. The number of carbonyl (C=O) groups is 1. The Balaban J connectivity index is 1.28. The summed E-state index contributed by atoms with van der Waals surface area (Å²) in [5.41, 5.74) is 1.35. The van der Waals surface area contributed by atoms with Gasteiger partial charge in [0, 0.05) is 30.0 Å². The third kappa shape index (κ3) is 5.03. The fourth-order valence-electron chi connectivity index (χ4n) is 3.73. The number of sulfonamides is 1. The fourth-order valence-corrected chi connectivity index (χ4v) is 5.15. The van der Waals surface area contributed by atoms with Crippen molar-refractivity contribution >= 4 is 38.5 Å². The normalized spacial score (nSPS) is 15.6. The number of piperidine rings is 1. The van der Waals surface area contributed by atoms with E-state index in [9.17, 15) is 13.2 Å². The minimum absolute atomic E-state index is 0.100. The average Bonchev–Trinajstić information content (AvgIpc) is 3.16. The van der Waals surface area contributed by atoms with Crippen LogP contribution in [0.15, 0.2) is 59.0 Å². The maximum atomic E-state index is 12.7. The number of fused-ring (bicyclic) bond motifs is 1. The van der Waals surface area contributed by atoms with Crippen molar-refractivity contribution in [3.8, 4) is 0 Å². The van der Waals surface area contributed by atoms with Gasteiger partial charge in [-0.2, -0.15) is 0 Å². The first kappa shape index (κ1) is 20.9. The van der Waals surface area contributed by atoms with Gasteiger partial charge in [-0.3, -0.25) is 4.79 Å². The molecule has 1 saturated heterocycles. The zero-order valence-electron chi connectivity index (χ0n) is 16.4. The Bertz CT molecular complexity index is 1120. The Morgan fingerprint density at radius 2 is 1.87 bits per heavy atom. The number of rotatable bonds is 6. The molecule has 6 nitrogen and oxygen atoms in total. The number of para-hydroxylation sites is 1. The lowest BCUT2D eigenvalue weighted by Gasteiger charge is -2.31. The van der Waals surface area contributed by atoms with E-state index < -0.39 is 10.0 Å². The van der Waals surface area contributed by atoms with Gasteiger partial charge < -0.3 is 9.32 Å². The van der Waals surface area contributed by atoms with Crippen molar-refractivity contribution in [2.75, 3.05) is 19.6 Å². The molecule has 1 aliphatic rings. The first-order valence-electron chi connectivity index (χ1n) is 9.89. The molecule has 1 amide bonds. The van der Waals surface area contributed by atoms with Crippen LogP contribution in [0.5, 0.6) is 0 Å². The number of nitrogens with one attached hydrogen (secondary N) is 1. The minimum Gasteiger partial charge on any atom is -0.451 e. The average molecular weight is 447 g/mol. The molecule has 3 aromatic rings. The van der Waals surface area contributed by atoms with E-state index in [0.29, 0.717) is 41.6 Å². The molecule has 8 heteroatoms. The van der Waals surface area contributed by atoms with E-state index in [4.69, 9.17) is 16.0 Å². The van der Waals surface area contributed by atoms with Gasteiger partial charge in [0.1, 0.15) is 5.58 Å². The Labute approximate surface area is 180 Å². The highest BCUT2D eigenvalue weighted by atomic mass is 35.5. The molecule has 4 rings (SSSR count). The van der Waals surface area contributed by atoms with E-state index in [1.807, 2.05) is 24.3 Å². The second-order valence-corrected chi connectivity index (χ2v) is 9.86. The quantitative estimate of drug-likeness (QED) is 0.619. The van der Waals surface area contributed by atoms with Crippen molar-refractivity contribution in [3.05, 3.63) is 70.9 Å². The zero-order chi connectivity index (χ0) is 21.1. The highest BCUT2D eigenvalue weighted by Crippen LogP contribution is 2.23.